The van der Waals surface area contributed by atoms with Crippen molar-refractivity contribution in [1.29, 1.82) is 0 Å². The van der Waals surface area contributed by atoms with Crippen molar-refractivity contribution in [2.75, 3.05) is 20.6 Å². The maximum Gasteiger partial charge on any atom is 0.0474 e. The summed E-state index contributed by atoms with van der Waals surface area (Å²) in [5, 5.41) is 2.21. The summed E-state index contributed by atoms with van der Waals surface area (Å²) in [5.74, 6) is 0. The highest BCUT2D eigenvalue weighted by atomic mass is 35.5. The minimum absolute atomic E-state index is 0.275. The Morgan fingerprint density at radius 1 is 1.45 bits per heavy atom. The highest BCUT2D eigenvalue weighted by Crippen LogP contribution is 2.05. The average Bonchev–Trinajstić information content (AvgIpc) is 1.97. The summed E-state index contributed by atoms with van der Waals surface area (Å²) in [6.07, 6.45) is 3.56. The standard InChI is InChI=1S/C8H19ClN2/c1-4-5-6-8(9)7-10-11(2)3/h8,10H,4-7H2,1-3H3. The van der Waals surface area contributed by atoms with Gasteiger partial charge in [-0.05, 0) is 6.42 Å². The second-order valence-corrected chi connectivity index (χ2v) is 3.61. The first-order chi connectivity index (χ1) is 5.16. The molecule has 0 aliphatic rings. The number of rotatable bonds is 6. The molecule has 3 heteroatoms. The van der Waals surface area contributed by atoms with Gasteiger partial charge in [-0.2, -0.15) is 0 Å². The number of hydrogen-bond donors (Lipinski definition) is 1. The van der Waals surface area contributed by atoms with Crippen LogP contribution in [0.4, 0.5) is 0 Å². The van der Waals surface area contributed by atoms with Crippen LogP contribution in [0, 0.1) is 0 Å². The van der Waals surface area contributed by atoms with Gasteiger partial charge in [-0.15, -0.1) is 11.6 Å². The van der Waals surface area contributed by atoms with E-state index in [4.69, 9.17) is 11.6 Å². The summed E-state index contributed by atoms with van der Waals surface area (Å²) in [5.41, 5.74) is 3.16. The molecule has 0 aliphatic heterocycles. The van der Waals surface area contributed by atoms with Crippen LogP contribution < -0.4 is 5.43 Å². The molecule has 68 valence electrons. The Morgan fingerprint density at radius 3 is 2.55 bits per heavy atom. The zero-order valence-electron chi connectivity index (χ0n) is 7.73. The Balaban J connectivity index is 3.15. The van der Waals surface area contributed by atoms with Crippen molar-refractivity contribution in [2.24, 2.45) is 0 Å². The van der Waals surface area contributed by atoms with Crippen LogP contribution in [0.25, 0.3) is 0 Å². The lowest BCUT2D eigenvalue weighted by Gasteiger charge is -2.14. The fourth-order valence-corrected chi connectivity index (χ4v) is 1.03. The molecule has 0 aromatic heterocycles. The van der Waals surface area contributed by atoms with Crippen molar-refractivity contribution < 1.29 is 0 Å². The van der Waals surface area contributed by atoms with E-state index in [0.29, 0.717) is 0 Å². The van der Waals surface area contributed by atoms with Gasteiger partial charge in [-0.1, -0.05) is 19.8 Å². The quantitative estimate of drug-likeness (QED) is 0.494. The molecule has 0 radical (unpaired) electrons. The zero-order chi connectivity index (χ0) is 8.69. The molecule has 0 aliphatic carbocycles. The second kappa shape index (κ2) is 6.89. The number of halogens is 1. The van der Waals surface area contributed by atoms with Gasteiger partial charge in [0.2, 0.25) is 0 Å². The largest absolute Gasteiger partial charge is 0.254 e. The van der Waals surface area contributed by atoms with Crippen molar-refractivity contribution in [1.82, 2.24) is 10.4 Å². The number of alkyl halides is 1. The van der Waals surface area contributed by atoms with Crippen LogP contribution in [-0.4, -0.2) is 31.0 Å². The third-order valence-electron chi connectivity index (χ3n) is 1.50. The first-order valence-electron chi connectivity index (χ1n) is 4.21. The van der Waals surface area contributed by atoms with E-state index in [1.165, 1.54) is 12.8 Å². The third kappa shape index (κ3) is 8.11. The van der Waals surface area contributed by atoms with Gasteiger partial charge < -0.3 is 0 Å². The summed E-state index contributed by atoms with van der Waals surface area (Å²) in [7, 11) is 3.95. The van der Waals surface area contributed by atoms with Crippen LogP contribution in [0.5, 0.6) is 0 Å². The van der Waals surface area contributed by atoms with Gasteiger partial charge in [0.15, 0.2) is 0 Å². The van der Waals surface area contributed by atoms with Crippen molar-refractivity contribution in [3.05, 3.63) is 0 Å². The Kier molecular flexibility index (Phi) is 7.02. The molecule has 0 bridgehead atoms. The summed E-state index contributed by atoms with van der Waals surface area (Å²) in [4.78, 5) is 0. The molecule has 1 N–H and O–H groups in total. The van der Waals surface area contributed by atoms with Crippen LogP contribution >= 0.6 is 11.6 Å². The number of unbranched alkanes of at least 4 members (excludes halogenated alkanes) is 1. The van der Waals surface area contributed by atoms with E-state index in [9.17, 15) is 0 Å². The normalized spacial score (nSPS) is 13.9. The maximum absolute atomic E-state index is 6.01. The van der Waals surface area contributed by atoms with Gasteiger partial charge in [0.05, 0.1) is 0 Å². The van der Waals surface area contributed by atoms with E-state index in [-0.39, 0.29) is 5.38 Å². The molecule has 2 nitrogen and oxygen atoms in total. The lowest BCUT2D eigenvalue weighted by molar-refractivity contribution is 0.287. The third-order valence-corrected chi connectivity index (χ3v) is 1.87. The molecule has 1 unspecified atom stereocenters. The van der Waals surface area contributed by atoms with Gasteiger partial charge in [0.1, 0.15) is 0 Å². The van der Waals surface area contributed by atoms with E-state index in [2.05, 4.69) is 12.3 Å². The lowest BCUT2D eigenvalue weighted by Crippen LogP contribution is -2.35. The Bertz CT molecular complexity index is 86.2. The van der Waals surface area contributed by atoms with E-state index in [0.717, 1.165) is 13.0 Å². The number of nitrogens with one attached hydrogen (secondary N) is 1. The van der Waals surface area contributed by atoms with Crippen LogP contribution in [0.1, 0.15) is 26.2 Å². The topological polar surface area (TPSA) is 15.3 Å². The average molecular weight is 179 g/mol. The van der Waals surface area contributed by atoms with Crippen LogP contribution in [0.15, 0.2) is 0 Å². The monoisotopic (exact) mass is 178 g/mol. The Labute approximate surface area is 74.9 Å². The van der Waals surface area contributed by atoms with Gasteiger partial charge in [0.25, 0.3) is 0 Å². The fraction of sp³-hybridized carbons (Fsp3) is 1.00. The lowest BCUT2D eigenvalue weighted by atomic mass is 10.2. The van der Waals surface area contributed by atoms with E-state index in [1.807, 2.05) is 19.1 Å². The highest BCUT2D eigenvalue weighted by molar-refractivity contribution is 6.20. The molecule has 0 amide bonds. The molecule has 0 heterocycles. The van der Waals surface area contributed by atoms with E-state index in [1.54, 1.807) is 0 Å². The molecule has 0 saturated heterocycles. The molecule has 1 atom stereocenters. The maximum atomic E-state index is 6.01. The van der Waals surface area contributed by atoms with Crippen LogP contribution in [0.3, 0.4) is 0 Å². The number of nitrogens with zero attached hydrogens (tertiary/aromatic N) is 1. The summed E-state index contributed by atoms with van der Waals surface area (Å²) in [6.45, 7) is 3.05. The first kappa shape index (κ1) is 11.2. The van der Waals surface area contributed by atoms with Gasteiger partial charge in [0, 0.05) is 26.0 Å². The van der Waals surface area contributed by atoms with Crippen molar-refractivity contribution in [3.8, 4) is 0 Å². The first-order valence-corrected chi connectivity index (χ1v) is 4.65. The van der Waals surface area contributed by atoms with Gasteiger partial charge in [-0.25, -0.2) is 0 Å². The molecular weight excluding hydrogens is 160 g/mol. The predicted molar refractivity (Wildman–Crippen MR) is 50.9 cm³/mol. The van der Waals surface area contributed by atoms with Crippen molar-refractivity contribution >= 4 is 11.6 Å². The summed E-state index contributed by atoms with van der Waals surface area (Å²) < 4.78 is 0. The molecule has 0 rings (SSSR count). The predicted octanol–water partition coefficient (Wildman–Crippen LogP) is 1.85. The molecule has 0 fully saturated rings. The minimum atomic E-state index is 0.275. The van der Waals surface area contributed by atoms with Crippen molar-refractivity contribution in [2.45, 2.75) is 31.6 Å². The van der Waals surface area contributed by atoms with Gasteiger partial charge >= 0.3 is 0 Å². The molecule has 11 heavy (non-hydrogen) atoms. The summed E-state index contributed by atoms with van der Waals surface area (Å²) >= 11 is 6.01. The number of hydrogen-bond acceptors (Lipinski definition) is 2. The molecule has 0 aromatic carbocycles. The Hall–Kier alpha value is 0.210. The van der Waals surface area contributed by atoms with E-state index < -0.39 is 0 Å². The zero-order valence-corrected chi connectivity index (χ0v) is 8.49. The minimum Gasteiger partial charge on any atom is -0.254 e. The second-order valence-electron chi connectivity index (χ2n) is 3.00. The molecule has 0 spiro atoms. The van der Waals surface area contributed by atoms with Crippen LogP contribution in [-0.2, 0) is 0 Å². The van der Waals surface area contributed by atoms with E-state index >= 15 is 0 Å². The van der Waals surface area contributed by atoms with Crippen molar-refractivity contribution in [3.63, 3.8) is 0 Å². The molecular formula is C8H19ClN2. The Morgan fingerprint density at radius 2 is 2.09 bits per heavy atom. The smallest absolute Gasteiger partial charge is 0.0474 e. The molecule has 0 aromatic rings. The number of hydrazine groups is 1. The highest BCUT2D eigenvalue weighted by Gasteiger charge is 2.02. The molecule has 0 saturated carbocycles. The fourth-order valence-electron chi connectivity index (χ4n) is 0.809. The SMILES string of the molecule is CCCCC(Cl)CNN(C)C. The van der Waals surface area contributed by atoms with Gasteiger partial charge in [-0.3, -0.25) is 10.4 Å². The summed E-state index contributed by atoms with van der Waals surface area (Å²) in [6, 6.07) is 0. The van der Waals surface area contributed by atoms with Crippen LogP contribution in [0.2, 0.25) is 0 Å².